The summed E-state index contributed by atoms with van der Waals surface area (Å²) in [6, 6.07) is 8.31. The van der Waals surface area contributed by atoms with E-state index in [1.165, 1.54) is 18.0 Å². The molecule has 3 rings (SSSR count). The van der Waals surface area contributed by atoms with Gasteiger partial charge in [0.25, 0.3) is 5.56 Å². The molecule has 158 valence electrons. The van der Waals surface area contributed by atoms with Gasteiger partial charge in [-0.25, -0.2) is 9.78 Å². The van der Waals surface area contributed by atoms with Gasteiger partial charge in [-0.1, -0.05) is 25.1 Å². The van der Waals surface area contributed by atoms with Crippen LogP contribution in [0.4, 0.5) is 5.69 Å². The Hall–Kier alpha value is -3.04. The highest BCUT2D eigenvalue weighted by molar-refractivity contribution is 7.20. The van der Waals surface area contributed by atoms with Crippen LogP contribution >= 0.6 is 11.3 Å². The van der Waals surface area contributed by atoms with Crippen molar-refractivity contribution in [1.29, 1.82) is 0 Å². The molecule has 0 aliphatic rings. The molecule has 0 aliphatic carbocycles. The summed E-state index contributed by atoms with van der Waals surface area (Å²) in [5, 5.41) is 3.15. The lowest BCUT2D eigenvalue weighted by Gasteiger charge is -2.17. The maximum atomic E-state index is 13.2. The van der Waals surface area contributed by atoms with Crippen molar-refractivity contribution in [1.82, 2.24) is 9.55 Å². The van der Waals surface area contributed by atoms with Crippen molar-refractivity contribution in [2.24, 2.45) is 0 Å². The van der Waals surface area contributed by atoms with Gasteiger partial charge >= 0.3 is 5.97 Å². The summed E-state index contributed by atoms with van der Waals surface area (Å²) < 4.78 is 11.4. The molecule has 0 spiro atoms. The molecule has 1 aromatic carbocycles. The molecule has 1 unspecified atom stereocenters. The highest BCUT2D eigenvalue weighted by atomic mass is 32.1. The van der Waals surface area contributed by atoms with E-state index in [1.807, 2.05) is 25.1 Å². The topological polar surface area (TPSA) is 99.5 Å². The zero-order chi connectivity index (χ0) is 21.7. The second-order valence-corrected chi connectivity index (χ2v) is 7.60. The number of para-hydroxylation sites is 1. The standard InChI is InChI=1S/C21H23N3O5S/c1-4-15(18(25)23-14-8-6-5-7-9-14)24-12-22-19-16(20(24)26)13(2)17(30-19)21(27)29-11-10-28-3/h5-9,12,15H,4,10-11H2,1-3H3,(H,23,25). The summed E-state index contributed by atoms with van der Waals surface area (Å²) >= 11 is 1.10. The predicted molar refractivity (Wildman–Crippen MR) is 115 cm³/mol. The number of aromatic nitrogens is 2. The van der Waals surface area contributed by atoms with E-state index < -0.39 is 12.0 Å². The van der Waals surface area contributed by atoms with Gasteiger partial charge in [-0.05, 0) is 31.0 Å². The predicted octanol–water partition coefficient (Wildman–Crippen LogP) is 3.16. The van der Waals surface area contributed by atoms with E-state index >= 15 is 0 Å². The molecule has 8 nitrogen and oxygen atoms in total. The van der Waals surface area contributed by atoms with Crippen molar-refractivity contribution >= 4 is 39.1 Å². The summed E-state index contributed by atoms with van der Waals surface area (Å²) in [6.45, 7) is 3.92. The molecule has 0 bridgehead atoms. The van der Waals surface area contributed by atoms with Crippen LogP contribution in [0, 0.1) is 6.92 Å². The molecule has 0 saturated heterocycles. The van der Waals surface area contributed by atoms with E-state index in [-0.39, 0.29) is 24.7 Å². The van der Waals surface area contributed by atoms with Crippen molar-refractivity contribution < 1.29 is 19.1 Å². The van der Waals surface area contributed by atoms with Crippen LogP contribution in [0.1, 0.15) is 34.6 Å². The Kier molecular flexibility index (Phi) is 6.96. The first-order valence-electron chi connectivity index (χ1n) is 9.50. The Balaban J connectivity index is 1.93. The number of thiophene rings is 1. The minimum atomic E-state index is -0.731. The Morgan fingerprint density at radius 1 is 1.23 bits per heavy atom. The number of nitrogens with one attached hydrogen (secondary N) is 1. The van der Waals surface area contributed by atoms with Crippen molar-refractivity contribution in [3.05, 3.63) is 57.5 Å². The number of aryl methyl sites for hydroxylation is 1. The number of ether oxygens (including phenoxy) is 2. The quantitative estimate of drug-likeness (QED) is 0.436. The number of benzene rings is 1. The Morgan fingerprint density at radius 2 is 1.97 bits per heavy atom. The minimum absolute atomic E-state index is 0.123. The maximum Gasteiger partial charge on any atom is 0.348 e. The molecule has 30 heavy (non-hydrogen) atoms. The lowest BCUT2D eigenvalue weighted by Crippen LogP contribution is -2.33. The Morgan fingerprint density at radius 3 is 2.63 bits per heavy atom. The lowest BCUT2D eigenvalue weighted by atomic mass is 10.1. The van der Waals surface area contributed by atoms with Gasteiger partial charge in [0.1, 0.15) is 22.4 Å². The van der Waals surface area contributed by atoms with E-state index in [0.29, 0.717) is 32.8 Å². The molecule has 9 heteroatoms. The number of carbonyl (C=O) groups is 2. The number of amides is 1. The molecule has 2 aromatic heterocycles. The summed E-state index contributed by atoms with van der Waals surface area (Å²) in [5.74, 6) is -0.827. The van der Waals surface area contributed by atoms with Crippen molar-refractivity contribution in [3.8, 4) is 0 Å². The van der Waals surface area contributed by atoms with E-state index in [9.17, 15) is 14.4 Å². The molecular weight excluding hydrogens is 406 g/mol. The van der Waals surface area contributed by atoms with Gasteiger partial charge < -0.3 is 14.8 Å². The summed E-state index contributed by atoms with van der Waals surface area (Å²) in [6.07, 6.45) is 1.76. The monoisotopic (exact) mass is 429 g/mol. The number of fused-ring (bicyclic) bond motifs is 1. The molecule has 0 saturated carbocycles. The average Bonchev–Trinajstić information content (AvgIpc) is 3.08. The smallest absolute Gasteiger partial charge is 0.348 e. The first-order valence-corrected chi connectivity index (χ1v) is 10.3. The van der Waals surface area contributed by atoms with Gasteiger partial charge in [0.2, 0.25) is 5.91 Å². The molecule has 1 atom stereocenters. The number of anilines is 1. The van der Waals surface area contributed by atoms with E-state index in [2.05, 4.69) is 10.3 Å². The van der Waals surface area contributed by atoms with E-state index in [4.69, 9.17) is 9.47 Å². The second-order valence-electron chi connectivity index (χ2n) is 6.60. The molecule has 2 heterocycles. The van der Waals surface area contributed by atoms with Gasteiger partial charge in [-0.15, -0.1) is 11.3 Å². The van der Waals surface area contributed by atoms with Gasteiger partial charge in [-0.3, -0.25) is 14.2 Å². The first kappa shape index (κ1) is 21.7. The van der Waals surface area contributed by atoms with Crippen molar-refractivity contribution in [2.45, 2.75) is 26.3 Å². The number of carbonyl (C=O) groups excluding carboxylic acids is 2. The van der Waals surface area contributed by atoms with E-state index in [0.717, 1.165) is 11.3 Å². The molecule has 1 amide bonds. The van der Waals surface area contributed by atoms with Crippen LogP contribution in [0.3, 0.4) is 0 Å². The normalized spacial score (nSPS) is 12.0. The van der Waals surface area contributed by atoms with Crippen LogP contribution in [0.5, 0.6) is 0 Å². The third-order valence-electron chi connectivity index (χ3n) is 4.65. The summed E-state index contributed by atoms with van der Waals surface area (Å²) in [4.78, 5) is 43.4. The fourth-order valence-corrected chi connectivity index (χ4v) is 4.13. The molecule has 0 fully saturated rings. The van der Waals surface area contributed by atoms with Crippen LogP contribution < -0.4 is 10.9 Å². The number of esters is 1. The van der Waals surface area contributed by atoms with Gasteiger partial charge in [0.15, 0.2) is 0 Å². The molecular formula is C21H23N3O5S. The van der Waals surface area contributed by atoms with Crippen LogP contribution in [-0.2, 0) is 14.3 Å². The van der Waals surface area contributed by atoms with Crippen molar-refractivity contribution in [3.63, 3.8) is 0 Å². The molecule has 0 aliphatic heterocycles. The number of rotatable bonds is 8. The lowest BCUT2D eigenvalue weighted by molar-refractivity contribution is -0.119. The van der Waals surface area contributed by atoms with Crippen molar-refractivity contribution in [2.75, 3.05) is 25.6 Å². The highest BCUT2D eigenvalue weighted by Crippen LogP contribution is 2.28. The Labute approximate surface area is 177 Å². The zero-order valence-corrected chi connectivity index (χ0v) is 17.8. The fourth-order valence-electron chi connectivity index (χ4n) is 3.09. The third kappa shape index (κ3) is 4.42. The Bertz CT molecular complexity index is 1110. The first-order chi connectivity index (χ1) is 14.5. The third-order valence-corrected chi connectivity index (χ3v) is 5.83. The van der Waals surface area contributed by atoms with Crippen LogP contribution in [0.2, 0.25) is 0 Å². The van der Waals surface area contributed by atoms with Gasteiger partial charge in [0, 0.05) is 12.8 Å². The largest absolute Gasteiger partial charge is 0.459 e. The number of methoxy groups -OCH3 is 1. The number of nitrogens with zero attached hydrogens (tertiary/aromatic N) is 2. The summed E-state index contributed by atoms with van der Waals surface area (Å²) in [7, 11) is 1.52. The number of hydrogen-bond donors (Lipinski definition) is 1. The average molecular weight is 429 g/mol. The molecule has 1 N–H and O–H groups in total. The van der Waals surface area contributed by atoms with Crippen LogP contribution in [0.15, 0.2) is 41.5 Å². The van der Waals surface area contributed by atoms with Gasteiger partial charge in [-0.2, -0.15) is 0 Å². The zero-order valence-electron chi connectivity index (χ0n) is 17.0. The highest BCUT2D eigenvalue weighted by Gasteiger charge is 2.25. The molecule has 3 aromatic rings. The molecule has 0 radical (unpaired) electrons. The minimum Gasteiger partial charge on any atom is -0.459 e. The van der Waals surface area contributed by atoms with E-state index in [1.54, 1.807) is 19.1 Å². The SMILES string of the molecule is CCC(C(=O)Nc1ccccc1)n1cnc2sc(C(=O)OCCOC)c(C)c2c1=O. The van der Waals surface area contributed by atoms with Crippen LogP contribution in [0.25, 0.3) is 10.2 Å². The number of hydrogen-bond acceptors (Lipinski definition) is 7. The summed E-state index contributed by atoms with van der Waals surface area (Å²) in [5.41, 5.74) is 0.790. The van der Waals surface area contributed by atoms with Crippen LogP contribution in [-0.4, -0.2) is 41.8 Å². The fraction of sp³-hybridized carbons (Fsp3) is 0.333. The van der Waals surface area contributed by atoms with Gasteiger partial charge in [0.05, 0.1) is 18.3 Å². The second kappa shape index (κ2) is 9.64. The maximum absolute atomic E-state index is 13.2.